The minimum absolute atomic E-state index is 0.0491. The number of carbonyl (C=O) groups is 1. The summed E-state index contributed by atoms with van der Waals surface area (Å²) in [6.45, 7) is 2.56. The van der Waals surface area contributed by atoms with Crippen LogP contribution in [0.2, 0.25) is 0 Å². The van der Waals surface area contributed by atoms with Crippen molar-refractivity contribution in [2.24, 2.45) is 0 Å². The van der Waals surface area contributed by atoms with Gasteiger partial charge in [-0.25, -0.2) is 4.79 Å². The number of carboxylic acid groups (broad SMARTS) is 1. The Morgan fingerprint density at radius 3 is 2.80 bits per heavy atom. The first-order valence-corrected chi connectivity index (χ1v) is 6.21. The van der Waals surface area contributed by atoms with Gasteiger partial charge >= 0.3 is 11.7 Å². The van der Waals surface area contributed by atoms with Gasteiger partial charge in [-0.2, -0.15) is 4.98 Å². The van der Waals surface area contributed by atoms with Gasteiger partial charge in [0.25, 0.3) is 5.56 Å². The molecule has 108 valence electrons. The summed E-state index contributed by atoms with van der Waals surface area (Å²) in [6.07, 6.45) is 0.483. The molecule has 0 fully saturated rings. The van der Waals surface area contributed by atoms with Gasteiger partial charge < -0.3 is 15.4 Å². The van der Waals surface area contributed by atoms with E-state index in [2.05, 4.69) is 20.3 Å². The summed E-state index contributed by atoms with van der Waals surface area (Å²) in [5.74, 6) is -0.531. The van der Waals surface area contributed by atoms with Gasteiger partial charge in [-0.15, -0.1) is 0 Å². The van der Waals surface area contributed by atoms with Crippen LogP contribution >= 0.6 is 0 Å². The standard InChI is InChI=1S/C11H15N5O4/c1-2-16-8-7(9(19)15-11(16)20)13-10(14-8)12-5-3-4-6(17)18/h2-5H2,1H3,(H,17,18)(H2,12,13,14)(H,15,19,20). The normalized spacial score (nSPS) is 10.8. The number of hydrogen-bond acceptors (Lipinski definition) is 5. The minimum atomic E-state index is -0.868. The van der Waals surface area contributed by atoms with Gasteiger partial charge in [0.15, 0.2) is 11.2 Å². The van der Waals surface area contributed by atoms with Crippen LogP contribution in [0.25, 0.3) is 11.2 Å². The molecular formula is C11H15N5O4. The van der Waals surface area contributed by atoms with Crippen LogP contribution in [0.15, 0.2) is 9.59 Å². The number of aryl methyl sites for hydroxylation is 1. The number of aromatic amines is 2. The molecule has 9 nitrogen and oxygen atoms in total. The summed E-state index contributed by atoms with van der Waals surface area (Å²) < 4.78 is 1.34. The SMILES string of the molecule is CCn1c(=O)[nH]c(=O)c2[nH]c(NCCCC(=O)O)nc21. The molecule has 4 N–H and O–H groups in total. The zero-order valence-corrected chi connectivity index (χ0v) is 10.9. The summed E-state index contributed by atoms with van der Waals surface area (Å²) in [5.41, 5.74) is -0.538. The van der Waals surface area contributed by atoms with Crippen molar-refractivity contribution in [2.45, 2.75) is 26.3 Å². The lowest BCUT2D eigenvalue weighted by Gasteiger charge is -2.00. The van der Waals surface area contributed by atoms with Crippen LogP contribution in [0.4, 0.5) is 5.95 Å². The molecule has 20 heavy (non-hydrogen) atoms. The molecular weight excluding hydrogens is 266 g/mol. The minimum Gasteiger partial charge on any atom is -0.481 e. The van der Waals surface area contributed by atoms with E-state index in [4.69, 9.17) is 5.11 Å². The van der Waals surface area contributed by atoms with Gasteiger partial charge in [0, 0.05) is 19.5 Å². The second-order valence-corrected chi connectivity index (χ2v) is 4.21. The molecule has 2 rings (SSSR count). The molecule has 0 saturated heterocycles. The monoisotopic (exact) mass is 281 g/mol. The Kier molecular flexibility index (Phi) is 3.87. The third-order valence-corrected chi connectivity index (χ3v) is 2.81. The van der Waals surface area contributed by atoms with Crippen molar-refractivity contribution in [1.29, 1.82) is 0 Å². The molecule has 0 spiro atoms. The molecule has 2 aromatic rings. The summed E-state index contributed by atoms with van der Waals surface area (Å²) in [4.78, 5) is 42.8. The maximum Gasteiger partial charge on any atom is 0.330 e. The van der Waals surface area contributed by atoms with Gasteiger partial charge in [0.2, 0.25) is 5.95 Å². The smallest absolute Gasteiger partial charge is 0.330 e. The number of rotatable bonds is 6. The van der Waals surface area contributed by atoms with Crippen LogP contribution in [-0.4, -0.2) is 37.1 Å². The highest BCUT2D eigenvalue weighted by Crippen LogP contribution is 2.08. The Balaban J connectivity index is 2.25. The summed E-state index contributed by atoms with van der Waals surface area (Å²) in [5, 5.41) is 11.4. The fourth-order valence-electron chi connectivity index (χ4n) is 1.86. The summed E-state index contributed by atoms with van der Waals surface area (Å²) in [6, 6.07) is 0. The summed E-state index contributed by atoms with van der Waals surface area (Å²) >= 11 is 0. The molecule has 9 heteroatoms. The number of aliphatic carboxylic acids is 1. The van der Waals surface area contributed by atoms with E-state index in [0.717, 1.165) is 0 Å². The molecule has 0 radical (unpaired) electrons. The van der Waals surface area contributed by atoms with Crippen LogP contribution in [-0.2, 0) is 11.3 Å². The molecule has 0 amide bonds. The first-order chi connectivity index (χ1) is 9.52. The highest BCUT2D eigenvalue weighted by molar-refractivity contribution is 5.72. The number of fused-ring (bicyclic) bond motifs is 1. The predicted octanol–water partition coefficient (Wildman–Crippen LogP) is -0.290. The molecule has 0 aliphatic rings. The number of aromatic nitrogens is 4. The first kappa shape index (κ1) is 13.8. The lowest BCUT2D eigenvalue weighted by molar-refractivity contribution is -0.137. The first-order valence-electron chi connectivity index (χ1n) is 6.21. The number of H-pyrrole nitrogens is 2. The van der Waals surface area contributed by atoms with E-state index in [1.165, 1.54) is 4.57 Å². The fourth-order valence-corrected chi connectivity index (χ4v) is 1.86. The second-order valence-electron chi connectivity index (χ2n) is 4.21. The van der Waals surface area contributed by atoms with Crippen molar-refractivity contribution in [1.82, 2.24) is 19.5 Å². The van der Waals surface area contributed by atoms with E-state index in [0.29, 0.717) is 25.5 Å². The topological polar surface area (TPSA) is 133 Å². The third-order valence-electron chi connectivity index (χ3n) is 2.81. The van der Waals surface area contributed by atoms with Crippen LogP contribution in [0, 0.1) is 0 Å². The van der Waals surface area contributed by atoms with Gasteiger partial charge in [-0.1, -0.05) is 0 Å². The van der Waals surface area contributed by atoms with Crippen molar-refractivity contribution < 1.29 is 9.90 Å². The Labute approximate surface area is 112 Å². The molecule has 0 aliphatic carbocycles. The fraction of sp³-hybridized carbons (Fsp3) is 0.455. The zero-order chi connectivity index (χ0) is 14.7. The predicted molar refractivity (Wildman–Crippen MR) is 72.0 cm³/mol. The molecule has 0 bridgehead atoms. The van der Waals surface area contributed by atoms with Crippen LogP contribution in [0.1, 0.15) is 19.8 Å². The van der Waals surface area contributed by atoms with Gasteiger partial charge in [-0.05, 0) is 13.3 Å². The van der Waals surface area contributed by atoms with Gasteiger partial charge in [-0.3, -0.25) is 19.1 Å². The molecule has 0 atom stereocenters. The van der Waals surface area contributed by atoms with E-state index in [1.54, 1.807) is 6.92 Å². The largest absolute Gasteiger partial charge is 0.481 e. The maximum absolute atomic E-state index is 11.7. The van der Waals surface area contributed by atoms with E-state index in [1.807, 2.05) is 0 Å². The molecule has 2 aromatic heterocycles. The Morgan fingerprint density at radius 2 is 2.15 bits per heavy atom. The summed E-state index contributed by atoms with van der Waals surface area (Å²) in [7, 11) is 0. The lowest BCUT2D eigenvalue weighted by Crippen LogP contribution is -2.29. The van der Waals surface area contributed by atoms with Gasteiger partial charge in [0.1, 0.15) is 0 Å². The number of imidazole rings is 1. The van der Waals surface area contributed by atoms with E-state index in [-0.39, 0.29) is 17.6 Å². The number of nitrogens with one attached hydrogen (secondary N) is 3. The number of carboxylic acids is 1. The molecule has 2 heterocycles. The second kappa shape index (κ2) is 5.59. The van der Waals surface area contributed by atoms with E-state index >= 15 is 0 Å². The number of nitrogens with zero attached hydrogens (tertiary/aromatic N) is 2. The van der Waals surface area contributed by atoms with Crippen molar-refractivity contribution in [3.8, 4) is 0 Å². The number of anilines is 1. The zero-order valence-electron chi connectivity index (χ0n) is 10.9. The van der Waals surface area contributed by atoms with Crippen LogP contribution < -0.4 is 16.6 Å². The van der Waals surface area contributed by atoms with Gasteiger partial charge in [0.05, 0.1) is 0 Å². The quantitative estimate of drug-likeness (QED) is 0.538. The van der Waals surface area contributed by atoms with E-state index in [9.17, 15) is 14.4 Å². The Morgan fingerprint density at radius 1 is 1.40 bits per heavy atom. The van der Waals surface area contributed by atoms with Crippen molar-refractivity contribution in [3.63, 3.8) is 0 Å². The molecule has 0 aliphatic heterocycles. The van der Waals surface area contributed by atoms with Crippen molar-refractivity contribution in [3.05, 3.63) is 20.8 Å². The highest BCUT2D eigenvalue weighted by atomic mass is 16.4. The van der Waals surface area contributed by atoms with Crippen molar-refractivity contribution in [2.75, 3.05) is 11.9 Å². The Hall–Kier alpha value is -2.58. The van der Waals surface area contributed by atoms with Crippen LogP contribution in [0.5, 0.6) is 0 Å². The average Bonchev–Trinajstić information content (AvgIpc) is 2.79. The molecule has 0 unspecified atom stereocenters. The highest BCUT2D eigenvalue weighted by Gasteiger charge is 2.11. The van der Waals surface area contributed by atoms with Crippen LogP contribution in [0.3, 0.4) is 0 Å². The maximum atomic E-state index is 11.7. The molecule has 0 saturated carbocycles. The third kappa shape index (κ3) is 2.71. The molecule has 0 aromatic carbocycles. The lowest BCUT2D eigenvalue weighted by atomic mass is 10.3. The average molecular weight is 281 g/mol. The van der Waals surface area contributed by atoms with Crippen molar-refractivity contribution >= 4 is 23.1 Å². The Bertz CT molecular complexity index is 741. The number of hydrogen-bond donors (Lipinski definition) is 4. The van der Waals surface area contributed by atoms with E-state index < -0.39 is 17.2 Å².